The summed E-state index contributed by atoms with van der Waals surface area (Å²) in [6, 6.07) is 1.87. The Morgan fingerprint density at radius 3 is 2.69 bits per heavy atom. The lowest BCUT2D eigenvalue weighted by molar-refractivity contribution is -0.00575. The van der Waals surface area contributed by atoms with Crippen LogP contribution in [0.4, 0.5) is 5.95 Å². The molecule has 7 heteroatoms. The van der Waals surface area contributed by atoms with Crippen molar-refractivity contribution in [1.29, 1.82) is 0 Å². The van der Waals surface area contributed by atoms with Gasteiger partial charge in [0.1, 0.15) is 0 Å². The lowest BCUT2D eigenvalue weighted by Gasteiger charge is -2.38. The summed E-state index contributed by atoms with van der Waals surface area (Å²) in [6.45, 7) is 12.3. The van der Waals surface area contributed by atoms with Crippen molar-refractivity contribution in [3.8, 4) is 0 Å². The number of carbonyl (C=O) groups is 1. The molecular weight excluding hydrogens is 384 g/mol. The Kier molecular flexibility index (Phi) is 5.38. The number of morpholine rings is 1. The summed E-state index contributed by atoms with van der Waals surface area (Å²) in [5.74, 6) is 0.741. The van der Waals surface area contributed by atoms with Gasteiger partial charge in [0.15, 0.2) is 0 Å². The minimum Gasteiger partial charge on any atom is -0.372 e. The molecule has 29 heavy (non-hydrogen) atoms. The highest BCUT2D eigenvalue weighted by Crippen LogP contribution is 2.40. The number of amides is 1. The lowest BCUT2D eigenvalue weighted by Crippen LogP contribution is -2.46. The number of nitrogens with one attached hydrogen (secondary N) is 1. The Bertz CT molecular complexity index is 900. The van der Waals surface area contributed by atoms with E-state index in [4.69, 9.17) is 9.72 Å². The third-order valence-electron chi connectivity index (χ3n) is 5.67. The molecule has 1 amide bonds. The number of nitrogens with zero attached hydrogens (tertiary/aromatic N) is 3. The summed E-state index contributed by atoms with van der Waals surface area (Å²) in [7, 11) is 0. The van der Waals surface area contributed by atoms with Crippen LogP contribution in [0.5, 0.6) is 0 Å². The molecular formula is C22H30N4O2S. The molecule has 1 aliphatic heterocycles. The molecule has 0 unspecified atom stereocenters. The Labute approximate surface area is 176 Å². The number of anilines is 1. The first-order valence-corrected chi connectivity index (χ1v) is 11.2. The van der Waals surface area contributed by atoms with Crippen LogP contribution in [-0.2, 0) is 11.2 Å². The van der Waals surface area contributed by atoms with Crippen LogP contribution in [0.25, 0.3) is 0 Å². The molecule has 2 aliphatic rings. The molecule has 2 aromatic rings. The average molecular weight is 415 g/mol. The van der Waals surface area contributed by atoms with Crippen LogP contribution in [0.15, 0.2) is 17.6 Å². The molecule has 3 atom stereocenters. The highest BCUT2D eigenvalue weighted by atomic mass is 32.1. The molecule has 1 fully saturated rings. The minimum atomic E-state index is -0.0713. The van der Waals surface area contributed by atoms with Gasteiger partial charge in [0.05, 0.1) is 29.5 Å². The number of aryl methyl sites for hydroxylation is 1. The van der Waals surface area contributed by atoms with Gasteiger partial charge >= 0.3 is 0 Å². The van der Waals surface area contributed by atoms with E-state index in [1.165, 1.54) is 0 Å². The zero-order valence-electron chi connectivity index (χ0n) is 17.9. The van der Waals surface area contributed by atoms with Crippen molar-refractivity contribution < 1.29 is 9.53 Å². The number of ether oxygens (including phenoxy) is 1. The number of carbonyl (C=O) groups excluding carboxylic acids is 1. The number of thiophene rings is 1. The van der Waals surface area contributed by atoms with Crippen molar-refractivity contribution in [1.82, 2.24) is 15.3 Å². The molecule has 1 saturated heterocycles. The molecule has 0 saturated carbocycles. The summed E-state index contributed by atoms with van der Waals surface area (Å²) in [5, 5.41) is 5.14. The first kappa shape index (κ1) is 20.3. The monoisotopic (exact) mass is 414 g/mol. The van der Waals surface area contributed by atoms with E-state index < -0.39 is 0 Å². The standard InChI is InChI=1S/C22H30N4O2S/c1-13-10-26(11-14(2)28-13)21-23-9-17-18(7-22(4,5)8-19(17)25-21)24-20(27)16-6-15(3)29-12-16/h6,9,12-14,18H,7-8,10-11H2,1-5H3,(H,24,27)/t13-,14-,18-/m1/s1. The van der Waals surface area contributed by atoms with Crippen molar-refractivity contribution in [2.24, 2.45) is 5.41 Å². The number of fused-ring (bicyclic) bond motifs is 1. The predicted molar refractivity (Wildman–Crippen MR) is 116 cm³/mol. The molecule has 0 aromatic carbocycles. The Balaban J connectivity index is 1.60. The zero-order valence-corrected chi connectivity index (χ0v) is 18.7. The topological polar surface area (TPSA) is 67.4 Å². The van der Waals surface area contributed by atoms with E-state index in [2.05, 4.69) is 42.9 Å². The summed E-state index contributed by atoms with van der Waals surface area (Å²) < 4.78 is 5.84. The quantitative estimate of drug-likeness (QED) is 0.825. The van der Waals surface area contributed by atoms with E-state index in [1.54, 1.807) is 11.3 Å². The second kappa shape index (κ2) is 7.69. The third kappa shape index (κ3) is 4.46. The molecule has 3 heterocycles. The van der Waals surface area contributed by atoms with Gasteiger partial charge in [0.25, 0.3) is 5.91 Å². The minimum absolute atomic E-state index is 0.0251. The Hall–Kier alpha value is -1.99. The molecule has 6 nitrogen and oxygen atoms in total. The molecule has 156 valence electrons. The van der Waals surface area contributed by atoms with Crippen molar-refractivity contribution in [3.05, 3.63) is 39.3 Å². The van der Waals surface area contributed by atoms with Crippen LogP contribution in [-0.4, -0.2) is 41.2 Å². The van der Waals surface area contributed by atoms with E-state index >= 15 is 0 Å². The molecule has 0 radical (unpaired) electrons. The number of aromatic nitrogens is 2. The second-order valence-corrected chi connectivity index (χ2v) is 10.4. The van der Waals surface area contributed by atoms with Gasteiger partial charge in [-0.05, 0) is 45.1 Å². The van der Waals surface area contributed by atoms with Crippen molar-refractivity contribution in [3.63, 3.8) is 0 Å². The highest BCUT2D eigenvalue weighted by Gasteiger charge is 2.35. The average Bonchev–Trinajstić information content (AvgIpc) is 3.06. The maximum Gasteiger partial charge on any atom is 0.252 e. The molecule has 4 rings (SSSR count). The molecule has 1 aliphatic carbocycles. The van der Waals surface area contributed by atoms with Crippen LogP contribution in [0.3, 0.4) is 0 Å². The third-order valence-corrected chi connectivity index (χ3v) is 6.53. The van der Waals surface area contributed by atoms with Crippen LogP contribution in [0, 0.1) is 12.3 Å². The van der Waals surface area contributed by atoms with Crippen LogP contribution in [0.1, 0.15) is 66.7 Å². The largest absolute Gasteiger partial charge is 0.372 e. The van der Waals surface area contributed by atoms with Gasteiger partial charge in [-0.3, -0.25) is 4.79 Å². The van der Waals surface area contributed by atoms with E-state index in [1.807, 2.05) is 24.6 Å². The van der Waals surface area contributed by atoms with E-state index in [-0.39, 0.29) is 29.6 Å². The van der Waals surface area contributed by atoms with Gasteiger partial charge in [0.2, 0.25) is 5.95 Å². The summed E-state index contributed by atoms with van der Waals surface area (Å²) >= 11 is 1.60. The normalized spacial score (nSPS) is 26.1. The fourth-order valence-corrected chi connectivity index (χ4v) is 5.15. The van der Waals surface area contributed by atoms with E-state index in [0.717, 1.165) is 53.6 Å². The second-order valence-electron chi connectivity index (χ2n) is 9.25. The molecule has 2 aromatic heterocycles. The van der Waals surface area contributed by atoms with Crippen LogP contribution >= 0.6 is 11.3 Å². The summed E-state index contributed by atoms with van der Waals surface area (Å²) in [4.78, 5) is 25.7. The van der Waals surface area contributed by atoms with Crippen molar-refractivity contribution in [2.45, 2.75) is 65.7 Å². The SMILES string of the molecule is Cc1cc(C(=O)N[C@@H]2CC(C)(C)Cc3nc(N4C[C@@H](C)O[C@H](C)C4)ncc32)cs1. The smallest absolute Gasteiger partial charge is 0.252 e. The molecule has 0 spiro atoms. The zero-order chi connectivity index (χ0) is 20.8. The fraction of sp³-hybridized carbons (Fsp3) is 0.591. The molecule has 1 N–H and O–H groups in total. The van der Waals surface area contributed by atoms with E-state index in [9.17, 15) is 4.79 Å². The first-order valence-electron chi connectivity index (χ1n) is 10.3. The predicted octanol–water partition coefficient (Wildman–Crippen LogP) is 3.90. The van der Waals surface area contributed by atoms with E-state index in [0.29, 0.717) is 0 Å². The van der Waals surface area contributed by atoms with Gasteiger partial charge < -0.3 is 15.0 Å². The first-order chi connectivity index (χ1) is 13.7. The highest BCUT2D eigenvalue weighted by molar-refractivity contribution is 7.10. The van der Waals surface area contributed by atoms with Crippen LogP contribution < -0.4 is 10.2 Å². The Morgan fingerprint density at radius 2 is 2.03 bits per heavy atom. The fourth-order valence-electron chi connectivity index (χ4n) is 4.46. The van der Waals surface area contributed by atoms with Gasteiger partial charge in [0, 0.05) is 35.1 Å². The maximum absolute atomic E-state index is 12.8. The van der Waals surface area contributed by atoms with Crippen LogP contribution in [0.2, 0.25) is 0 Å². The number of hydrogen-bond acceptors (Lipinski definition) is 6. The number of hydrogen-bond donors (Lipinski definition) is 1. The van der Waals surface area contributed by atoms with Gasteiger partial charge in [-0.2, -0.15) is 0 Å². The molecule has 0 bridgehead atoms. The van der Waals surface area contributed by atoms with Crippen molar-refractivity contribution in [2.75, 3.05) is 18.0 Å². The van der Waals surface area contributed by atoms with Crippen molar-refractivity contribution >= 4 is 23.2 Å². The Morgan fingerprint density at radius 1 is 1.31 bits per heavy atom. The number of rotatable bonds is 3. The lowest BCUT2D eigenvalue weighted by atomic mass is 9.74. The van der Waals surface area contributed by atoms with Gasteiger partial charge in [-0.1, -0.05) is 13.8 Å². The maximum atomic E-state index is 12.8. The summed E-state index contributed by atoms with van der Waals surface area (Å²) in [6.07, 6.45) is 4.01. The van der Waals surface area contributed by atoms with Gasteiger partial charge in [-0.15, -0.1) is 11.3 Å². The van der Waals surface area contributed by atoms with Gasteiger partial charge in [-0.25, -0.2) is 9.97 Å². The summed E-state index contributed by atoms with van der Waals surface area (Å²) in [5.41, 5.74) is 2.88.